The number of amides is 1. The Bertz CT molecular complexity index is 833. The summed E-state index contributed by atoms with van der Waals surface area (Å²) in [6.07, 6.45) is 0.596. The van der Waals surface area contributed by atoms with E-state index in [1.807, 2.05) is 52.7 Å². The predicted octanol–water partition coefficient (Wildman–Crippen LogP) is 3.95. The predicted molar refractivity (Wildman–Crippen MR) is 96.1 cm³/mol. The number of nitrogens with one attached hydrogen (secondary N) is 1. The van der Waals surface area contributed by atoms with Gasteiger partial charge in [-0.05, 0) is 24.1 Å². The zero-order valence-electron chi connectivity index (χ0n) is 13.1. The van der Waals surface area contributed by atoms with Crippen LogP contribution in [0.3, 0.4) is 0 Å². The summed E-state index contributed by atoms with van der Waals surface area (Å²) in [6.45, 7) is 0.645. The number of fused-ring (bicyclic) bond motifs is 1. The maximum absolute atomic E-state index is 13.0. The summed E-state index contributed by atoms with van der Waals surface area (Å²) in [7, 11) is 0. The normalized spacial score (nSPS) is 16.6. The van der Waals surface area contributed by atoms with E-state index in [4.69, 9.17) is 0 Å². The molecule has 1 aliphatic rings. The molecule has 0 unspecified atom stereocenters. The molecule has 1 aromatic heterocycles. The molecule has 3 aromatic rings. The molecule has 0 radical (unpaired) electrons. The van der Waals surface area contributed by atoms with Crippen LogP contribution in [0.25, 0.3) is 0 Å². The standard InChI is InChI=1S/C19H17N3OS/c23-19-15-8-4-5-9-16(15)21-18(17-12-24-13-20-17)22(19)11-10-14-6-2-1-3-7-14/h1-9,12-13,18,21H,10-11H2/t18-/m0/s1. The molecule has 0 bridgehead atoms. The monoisotopic (exact) mass is 335 g/mol. The second-order valence-electron chi connectivity index (χ2n) is 5.74. The van der Waals surface area contributed by atoms with E-state index in [0.717, 1.165) is 23.4 Å². The van der Waals surface area contributed by atoms with Crippen LogP contribution in [0.4, 0.5) is 5.69 Å². The second-order valence-corrected chi connectivity index (χ2v) is 6.46. The van der Waals surface area contributed by atoms with E-state index in [1.165, 1.54) is 5.56 Å². The molecule has 120 valence electrons. The van der Waals surface area contributed by atoms with E-state index in [1.54, 1.807) is 16.8 Å². The quantitative estimate of drug-likeness (QED) is 0.785. The molecule has 1 amide bonds. The molecular weight excluding hydrogens is 318 g/mol. The number of benzene rings is 2. The molecule has 0 saturated carbocycles. The third kappa shape index (κ3) is 2.78. The maximum Gasteiger partial charge on any atom is 0.257 e. The SMILES string of the molecule is O=C1c2ccccc2N[C@H](c2cscn2)N1CCc1ccccc1. The summed E-state index contributed by atoms with van der Waals surface area (Å²) in [4.78, 5) is 19.3. The van der Waals surface area contributed by atoms with Gasteiger partial charge in [-0.25, -0.2) is 4.98 Å². The number of carbonyl (C=O) groups excluding carboxylic acids is 1. The summed E-state index contributed by atoms with van der Waals surface area (Å²) < 4.78 is 0. The summed E-state index contributed by atoms with van der Waals surface area (Å²) >= 11 is 1.54. The molecule has 0 spiro atoms. The van der Waals surface area contributed by atoms with Crippen molar-refractivity contribution >= 4 is 22.9 Å². The first-order valence-electron chi connectivity index (χ1n) is 7.91. The fourth-order valence-electron chi connectivity index (χ4n) is 3.01. The highest BCUT2D eigenvalue weighted by molar-refractivity contribution is 7.07. The molecule has 1 aliphatic heterocycles. The number of carbonyl (C=O) groups is 1. The molecule has 1 N–H and O–H groups in total. The number of nitrogens with zero attached hydrogens (tertiary/aromatic N) is 2. The van der Waals surface area contributed by atoms with Crippen molar-refractivity contribution in [1.82, 2.24) is 9.88 Å². The van der Waals surface area contributed by atoms with Crippen LogP contribution in [0, 0.1) is 0 Å². The molecule has 0 fully saturated rings. The molecule has 4 nitrogen and oxygen atoms in total. The number of para-hydroxylation sites is 1. The van der Waals surface area contributed by atoms with E-state index >= 15 is 0 Å². The van der Waals surface area contributed by atoms with Gasteiger partial charge in [-0.2, -0.15) is 0 Å². The molecular formula is C19H17N3OS. The summed E-state index contributed by atoms with van der Waals surface area (Å²) in [5, 5.41) is 5.46. The zero-order valence-corrected chi connectivity index (χ0v) is 13.9. The zero-order chi connectivity index (χ0) is 16.4. The molecule has 2 heterocycles. The first-order valence-corrected chi connectivity index (χ1v) is 8.86. The van der Waals surface area contributed by atoms with Gasteiger partial charge >= 0.3 is 0 Å². The number of hydrogen-bond acceptors (Lipinski definition) is 4. The average Bonchev–Trinajstić information content (AvgIpc) is 3.16. The third-order valence-electron chi connectivity index (χ3n) is 4.24. The third-order valence-corrected chi connectivity index (χ3v) is 4.84. The van der Waals surface area contributed by atoms with E-state index in [9.17, 15) is 4.79 Å². The van der Waals surface area contributed by atoms with Crippen molar-refractivity contribution in [3.05, 3.63) is 82.3 Å². The van der Waals surface area contributed by atoms with Crippen LogP contribution in [-0.4, -0.2) is 22.3 Å². The number of hydrogen-bond donors (Lipinski definition) is 1. The van der Waals surface area contributed by atoms with Gasteiger partial charge in [-0.3, -0.25) is 4.79 Å². The van der Waals surface area contributed by atoms with Gasteiger partial charge in [0, 0.05) is 17.6 Å². The Morgan fingerprint density at radius 2 is 1.88 bits per heavy atom. The van der Waals surface area contributed by atoms with Crippen LogP contribution in [0.2, 0.25) is 0 Å². The molecule has 2 aromatic carbocycles. The lowest BCUT2D eigenvalue weighted by atomic mass is 10.1. The lowest BCUT2D eigenvalue weighted by molar-refractivity contribution is 0.0682. The van der Waals surface area contributed by atoms with Crippen molar-refractivity contribution in [3.63, 3.8) is 0 Å². The molecule has 1 atom stereocenters. The van der Waals surface area contributed by atoms with E-state index in [0.29, 0.717) is 6.54 Å². The van der Waals surface area contributed by atoms with Gasteiger partial charge in [0.15, 0.2) is 0 Å². The topological polar surface area (TPSA) is 45.2 Å². The van der Waals surface area contributed by atoms with Crippen molar-refractivity contribution < 1.29 is 4.79 Å². The van der Waals surface area contributed by atoms with Gasteiger partial charge < -0.3 is 10.2 Å². The van der Waals surface area contributed by atoms with Crippen LogP contribution in [-0.2, 0) is 6.42 Å². The highest BCUT2D eigenvalue weighted by atomic mass is 32.1. The van der Waals surface area contributed by atoms with Gasteiger partial charge in [0.2, 0.25) is 0 Å². The van der Waals surface area contributed by atoms with E-state index < -0.39 is 0 Å². The number of thiazole rings is 1. The van der Waals surface area contributed by atoms with Crippen LogP contribution in [0.5, 0.6) is 0 Å². The summed E-state index contributed by atoms with van der Waals surface area (Å²) in [5.41, 5.74) is 5.50. The highest BCUT2D eigenvalue weighted by Gasteiger charge is 2.33. The molecule has 0 saturated heterocycles. The molecule has 0 aliphatic carbocycles. The summed E-state index contributed by atoms with van der Waals surface area (Å²) in [5.74, 6) is 0.0540. The molecule has 24 heavy (non-hydrogen) atoms. The van der Waals surface area contributed by atoms with Crippen LogP contribution in [0.1, 0.15) is 27.8 Å². The highest BCUT2D eigenvalue weighted by Crippen LogP contribution is 2.32. The second kappa shape index (κ2) is 6.45. The van der Waals surface area contributed by atoms with Crippen LogP contribution in [0.15, 0.2) is 65.5 Å². The average molecular weight is 335 g/mol. The van der Waals surface area contributed by atoms with Gasteiger partial charge in [-0.15, -0.1) is 11.3 Å². The molecule has 4 rings (SSSR count). The first-order chi connectivity index (χ1) is 11.8. The Labute approximate surface area is 144 Å². The van der Waals surface area contributed by atoms with Crippen molar-refractivity contribution in [2.24, 2.45) is 0 Å². The largest absolute Gasteiger partial charge is 0.359 e. The Balaban J connectivity index is 1.64. The lowest BCUT2D eigenvalue weighted by Gasteiger charge is -2.37. The van der Waals surface area contributed by atoms with E-state index in [-0.39, 0.29) is 12.1 Å². The van der Waals surface area contributed by atoms with Gasteiger partial charge in [0.25, 0.3) is 5.91 Å². The Hall–Kier alpha value is -2.66. The Morgan fingerprint density at radius 3 is 2.67 bits per heavy atom. The minimum Gasteiger partial charge on any atom is -0.359 e. The maximum atomic E-state index is 13.0. The number of rotatable bonds is 4. The van der Waals surface area contributed by atoms with Crippen LogP contribution < -0.4 is 5.32 Å². The van der Waals surface area contributed by atoms with Gasteiger partial charge in [0.05, 0.1) is 16.8 Å². The van der Waals surface area contributed by atoms with Crippen LogP contribution >= 0.6 is 11.3 Å². The van der Waals surface area contributed by atoms with E-state index in [2.05, 4.69) is 22.4 Å². The fourth-order valence-corrected chi connectivity index (χ4v) is 3.58. The first kappa shape index (κ1) is 14.9. The lowest BCUT2D eigenvalue weighted by Crippen LogP contribution is -2.44. The Kier molecular flexibility index (Phi) is 4.01. The number of anilines is 1. The van der Waals surface area contributed by atoms with Gasteiger partial charge in [0.1, 0.15) is 6.17 Å². The van der Waals surface area contributed by atoms with Gasteiger partial charge in [-0.1, -0.05) is 42.5 Å². The minimum atomic E-state index is -0.220. The fraction of sp³-hybridized carbons (Fsp3) is 0.158. The minimum absolute atomic E-state index is 0.0540. The Morgan fingerprint density at radius 1 is 1.08 bits per heavy atom. The van der Waals surface area contributed by atoms with Crippen molar-refractivity contribution in [3.8, 4) is 0 Å². The molecule has 5 heteroatoms. The number of aromatic nitrogens is 1. The smallest absolute Gasteiger partial charge is 0.257 e. The summed E-state index contributed by atoms with van der Waals surface area (Å²) in [6, 6.07) is 17.9. The van der Waals surface area contributed by atoms with Crippen molar-refractivity contribution in [2.75, 3.05) is 11.9 Å². The van der Waals surface area contributed by atoms with Crippen molar-refractivity contribution in [2.45, 2.75) is 12.6 Å². The van der Waals surface area contributed by atoms with Crippen molar-refractivity contribution in [1.29, 1.82) is 0 Å².